The molecular weight excluding hydrogens is 423 g/mol. The smallest absolute Gasteiger partial charge is 0.435 e. The van der Waals surface area contributed by atoms with Crippen LogP contribution in [0, 0.1) is 17.2 Å². The number of ether oxygens (including phenoxy) is 1. The molecule has 156 valence electrons. The van der Waals surface area contributed by atoms with Gasteiger partial charge in [-0.1, -0.05) is 11.6 Å². The Morgan fingerprint density at radius 2 is 2.10 bits per heavy atom. The van der Waals surface area contributed by atoms with E-state index in [1.165, 1.54) is 17.6 Å². The number of fused-ring (bicyclic) bond motifs is 1. The zero-order valence-corrected chi connectivity index (χ0v) is 16.4. The molecule has 0 amide bonds. The fourth-order valence-electron chi connectivity index (χ4n) is 3.63. The van der Waals surface area contributed by atoms with Crippen molar-refractivity contribution >= 4 is 17.2 Å². The summed E-state index contributed by atoms with van der Waals surface area (Å²) in [6.45, 7) is -0.202. The van der Waals surface area contributed by atoms with Crippen LogP contribution < -0.4 is 10.3 Å². The van der Waals surface area contributed by atoms with Gasteiger partial charge in [-0.2, -0.15) is 23.5 Å². The van der Waals surface area contributed by atoms with Crippen LogP contribution in [0.1, 0.15) is 35.8 Å². The number of nitriles is 1. The van der Waals surface area contributed by atoms with Gasteiger partial charge in [0, 0.05) is 18.1 Å². The molecule has 30 heavy (non-hydrogen) atoms. The van der Waals surface area contributed by atoms with Gasteiger partial charge in [0.05, 0.1) is 37.0 Å². The van der Waals surface area contributed by atoms with E-state index in [1.54, 1.807) is 12.1 Å². The molecule has 4 rings (SSSR count). The fraction of sp³-hybridized carbons (Fsp3) is 0.368. The second-order valence-corrected chi connectivity index (χ2v) is 7.38. The maximum atomic E-state index is 12.9. The minimum absolute atomic E-state index is 0.158. The second-order valence-electron chi connectivity index (χ2n) is 6.99. The number of methoxy groups -OCH3 is 1. The summed E-state index contributed by atoms with van der Waals surface area (Å²) in [6.07, 6.45) is -3.15. The molecule has 0 aliphatic heterocycles. The average molecular weight is 438 g/mol. The number of halogens is 4. The summed E-state index contributed by atoms with van der Waals surface area (Å²) in [7, 11) is 1.48. The molecule has 0 aromatic carbocycles. The molecule has 3 heterocycles. The molecule has 3 aromatic rings. The summed E-state index contributed by atoms with van der Waals surface area (Å²) in [5, 5.41) is 12.6. The summed E-state index contributed by atoms with van der Waals surface area (Å²) < 4.78 is 46.3. The molecule has 1 fully saturated rings. The normalized spacial score (nSPS) is 18.8. The van der Waals surface area contributed by atoms with E-state index in [2.05, 4.69) is 16.2 Å². The van der Waals surface area contributed by atoms with Crippen LogP contribution in [0.5, 0.6) is 5.75 Å². The maximum absolute atomic E-state index is 12.9. The Bertz CT molecular complexity index is 1230. The largest absolute Gasteiger partial charge is 0.495 e. The van der Waals surface area contributed by atoms with Crippen molar-refractivity contribution in [3.8, 4) is 11.8 Å². The van der Waals surface area contributed by atoms with Crippen molar-refractivity contribution in [1.29, 1.82) is 5.26 Å². The van der Waals surface area contributed by atoms with Gasteiger partial charge in [-0.3, -0.25) is 9.20 Å². The van der Waals surface area contributed by atoms with Gasteiger partial charge in [-0.25, -0.2) is 9.67 Å². The van der Waals surface area contributed by atoms with Crippen LogP contribution >= 0.6 is 11.6 Å². The highest BCUT2D eigenvalue weighted by atomic mass is 35.5. The molecule has 0 spiro atoms. The third-order valence-corrected chi connectivity index (χ3v) is 5.52. The van der Waals surface area contributed by atoms with Gasteiger partial charge < -0.3 is 4.74 Å². The lowest BCUT2D eigenvalue weighted by atomic mass is 9.72. The first-order valence-electron chi connectivity index (χ1n) is 9.02. The number of hydrogen-bond acceptors (Lipinski definition) is 5. The van der Waals surface area contributed by atoms with Crippen LogP contribution in [0.15, 0.2) is 29.1 Å². The molecule has 1 saturated carbocycles. The van der Waals surface area contributed by atoms with Gasteiger partial charge in [-0.15, -0.1) is 0 Å². The van der Waals surface area contributed by atoms with Gasteiger partial charge in [0.1, 0.15) is 16.5 Å². The van der Waals surface area contributed by atoms with Gasteiger partial charge in [0.15, 0.2) is 5.69 Å². The highest BCUT2D eigenvalue weighted by Crippen LogP contribution is 2.45. The Hall–Kier alpha value is -3.06. The average Bonchev–Trinajstić information content (AvgIpc) is 3.02. The van der Waals surface area contributed by atoms with E-state index in [0.717, 1.165) is 23.6 Å². The molecule has 0 bridgehead atoms. The highest BCUT2D eigenvalue weighted by molar-refractivity contribution is 6.29. The molecule has 7 nitrogen and oxygen atoms in total. The van der Waals surface area contributed by atoms with Crippen molar-refractivity contribution in [1.82, 2.24) is 19.2 Å². The quantitative estimate of drug-likeness (QED) is 0.622. The number of pyridine rings is 1. The Morgan fingerprint density at radius 3 is 2.67 bits per heavy atom. The van der Waals surface area contributed by atoms with Crippen molar-refractivity contribution in [3.63, 3.8) is 0 Å². The van der Waals surface area contributed by atoms with Crippen molar-refractivity contribution in [2.24, 2.45) is 5.92 Å². The summed E-state index contributed by atoms with van der Waals surface area (Å²) in [5.74, 6) is 0.0997. The Labute approximate surface area is 173 Å². The predicted molar refractivity (Wildman–Crippen MR) is 100 cm³/mol. The molecule has 11 heteroatoms. The second kappa shape index (κ2) is 7.32. The lowest BCUT2D eigenvalue weighted by Gasteiger charge is -2.33. The van der Waals surface area contributed by atoms with E-state index in [-0.39, 0.29) is 29.2 Å². The van der Waals surface area contributed by atoms with Crippen LogP contribution in [-0.2, 0) is 12.7 Å². The number of nitrogens with zero attached hydrogens (tertiary/aromatic N) is 5. The predicted octanol–water partition coefficient (Wildman–Crippen LogP) is 3.64. The van der Waals surface area contributed by atoms with Gasteiger partial charge in [0.25, 0.3) is 5.56 Å². The summed E-state index contributed by atoms with van der Waals surface area (Å²) in [5.41, 5.74) is -0.457. The number of alkyl halides is 3. The molecule has 0 unspecified atom stereocenters. The van der Waals surface area contributed by atoms with Crippen LogP contribution in [0.4, 0.5) is 13.2 Å². The lowest BCUT2D eigenvalue weighted by Crippen LogP contribution is -2.29. The Morgan fingerprint density at radius 1 is 1.33 bits per heavy atom. The summed E-state index contributed by atoms with van der Waals surface area (Å²) >= 11 is 5.87. The minimum atomic E-state index is -4.63. The number of hydrogen-bond donors (Lipinski definition) is 0. The first-order valence-corrected chi connectivity index (χ1v) is 9.40. The van der Waals surface area contributed by atoms with Crippen molar-refractivity contribution in [2.45, 2.75) is 31.5 Å². The molecular formula is C19H15ClF3N5O2. The molecule has 1 aliphatic rings. The van der Waals surface area contributed by atoms with E-state index in [0.29, 0.717) is 17.1 Å². The minimum Gasteiger partial charge on any atom is -0.495 e. The van der Waals surface area contributed by atoms with Crippen LogP contribution in [0.2, 0.25) is 5.15 Å². The first-order chi connectivity index (χ1) is 14.2. The first kappa shape index (κ1) is 20.2. The van der Waals surface area contributed by atoms with Crippen LogP contribution in [-0.4, -0.2) is 26.3 Å². The number of aromatic nitrogens is 4. The topological polar surface area (TPSA) is 85.2 Å². The SMILES string of the molecule is COc1ccc2nc(Cn3nc(C(F)(F)F)cc3Cl)cc(=O)n2c1[C@H]1CC[C@@H]1C#N. The maximum Gasteiger partial charge on any atom is 0.435 e. The van der Waals surface area contributed by atoms with Gasteiger partial charge in [0.2, 0.25) is 0 Å². The zero-order valence-electron chi connectivity index (χ0n) is 15.6. The Kier molecular flexibility index (Phi) is 4.94. The van der Waals surface area contributed by atoms with Crippen LogP contribution in [0.25, 0.3) is 5.65 Å². The van der Waals surface area contributed by atoms with Crippen molar-refractivity contribution in [2.75, 3.05) is 7.11 Å². The van der Waals surface area contributed by atoms with E-state index < -0.39 is 17.4 Å². The Balaban J connectivity index is 1.78. The molecule has 3 aromatic heterocycles. The monoisotopic (exact) mass is 437 g/mol. The standard InChI is InChI=1S/C19H15ClF3N5O2/c1-30-13-4-5-16-25-11(9-27-15(20)7-14(26-27)19(21,22)23)6-17(29)28(16)18(13)12-3-2-10(12)8-24/h4-7,10,12H,2-3,9H2,1H3/t10-,12+/m1/s1. The summed E-state index contributed by atoms with van der Waals surface area (Å²) in [6, 6.07) is 7.43. The molecule has 0 N–H and O–H groups in total. The zero-order chi connectivity index (χ0) is 21.6. The number of rotatable bonds is 4. The molecule has 0 radical (unpaired) electrons. The molecule has 1 aliphatic carbocycles. The highest BCUT2D eigenvalue weighted by Gasteiger charge is 2.37. The van der Waals surface area contributed by atoms with Gasteiger partial charge >= 0.3 is 6.18 Å². The van der Waals surface area contributed by atoms with Gasteiger partial charge in [-0.05, 0) is 25.0 Å². The van der Waals surface area contributed by atoms with E-state index in [9.17, 15) is 23.2 Å². The molecule has 0 saturated heterocycles. The van der Waals surface area contributed by atoms with E-state index in [4.69, 9.17) is 16.3 Å². The third kappa shape index (κ3) is 3.39. The van der Waals surface area contributed by atoms with Crippen molar-refractivity contribution in [3.05, 3.63) is 56.9 Å². The third-order valence-electron chi connectivity index (χ3n) is 5.22. The van der Waals surface area contributed by atoms with E-state index >= 15 is 0 Å². The van der Waals surface area contributed by atoms with E-state index in [1.807, 2.05) is 0 Å². The fourth-order valence-corrected chi connectivity index (χ4v) is 3.83. The van der Waals surface area contributed by atoms with Crippen molar-refractivity contribution < 1.29 is 17.9 Å². The summed E-state index contributed by atoms with van der Waals surface area (Å²) in [4.78, 5) is 17.3. The lowest BCUT2D eigenvalue weighted by molar-refractivity contribution is -0.141. The van der Waals surface area contributed by atoms with Crippen LogP contribution in [0.3, 0.4) is 0 Å². The molecule has 2 atom stereocenters.